The zero-order valence-electron chi connectivity index (χ0n) is 5.07. The molecular formula is C5H12BN. The van der Waals surface area contributed by atoms with Crippen molar-refractivity contribution in [2.24, 2.45) is 0 Å². The minimum Gasteiger partial charge on any atom is -0.317 e. The molecule has 0 aromatic heterocycles. The summed E-state index contributed by atoms with van der Waals surface area (Å²) in [6, 6.07) is 0.574. The second-order valence-corrected chi connectivity index (χ2v) is 1.77. The molecule has 0 saturated carbocycles. The molecule has 0 amide bonds. The highest BCUT2D eigenvalue weighted by atomic mass is 14.8. The Morgan fingerprint density at radius 1 is 1.71 bits per heavy atom. The smallest absolute Gasteiger partial charge is 0.0653 e. The van der Waals surface area contributed by atoms with E-state index < -0.39 is 0 Å². The van der Waals surface area contributed by atoms with Crippen molar-refractivity contribution >= 4 is 7.85 Å². The van der Waals surface area contributed by atoms with Gasteiger partial charge >= 0.3 is 0 Å². The predicted molar refractivity (Wildman–Crippen MR) is 33.7 cm³/mol. The molecule has 1 atom stereocenters. The van der Waals surface area contributed by atoms with Gasteiger partial charge in [0.25, 0.3) is 0 Å². The van der Waals surface area contributed by atoms with Crippen molar-refractivity contribution in [3.63, 3.8) is 0 Å². The molecule has 0 saturated heterocycles. The highest BCUT2D eigenvalue weighted by molar-refractivity contribution is 6.08. The fraction of sp³-hybridized carbons (Fsp3) is 1.00. The molecule has 1 unspecified atom stereocenters. The Balaban J connectivity index is 2.83. The summed E-state index contributed by atoms with van der Waals surface area (Å²) in [7, 11) is 7.21. The van der Waals surface area contributed by atoms with Crippen LogP contribution >= 0.6 is 0 Å². The van der Waals surface area contributed by atoms with Crippen molar-refractivity contribution in [3.8, 4) is 0 Å². The second kappa shape index (κ2) is 4.19. The van der Waals surface area contributed by atoms with Gasteiger partial charge in [-0.25, -0.2) is 0 Å². The lowest BCUT2D eigenvalue weighted by molar-refractivity contribution is 0.593. The Kier molecular flexibility index (Phi) is 4.21. The number of rotatable bonds is 3. The Morgan fingerprint density at radius 3 is 2.43 bits per heavy atom. The van der Waals surface area contributed by atoms with Crippen molar-refractivity contribution in [1.82, 2.24) is 5.32 Å². The van der Waals surface area contributed by atoms with E-state index in [4.69, 9.17) is 7.85 Å². The first-order valence-electron chi connectivity index (χ1n) is 2.68. The first-order valence-corrected chi connectivity index (χ1v) is 2.68. The lowest BCUT2D eigenvalue weighted by atomic mass is 9.99. The molecule has 0 aromatic carbocycles. The molecule has 0 bridgehead atoms. The van der Waals surface area contributed by atoms with Gasteiger partial charge in [0.2, 0.25) is 0 Å². The van der Waals surface area contributed by atoms with Crippen LogP contribution in [-0.2, 0) is 0 Å². The van der Waals surface area contributed by atoms with Gasteiger partial charge in [0.05, 0.1) is 7.85 Å². The number of hydrogen-bond donors (Lipinski definition) is 1. The van der Waals surface area contributed by atoms with Gasteiger partial charge < -0.3 is 5.32 Å². The van der Waals surface area contributed by atoms with Crippen LogP contribution in [0.1, 0.15) is 13.3 Å². The Labute approximate surface area is 46.9 Å². The van der Waals surface area contributed by atoms with Crippen LogP contribution in [0, 0.1) is 0 Å². The van der Waals surface area contributed by atoms with E-state index in [1.165, 1.54) is 0 Å². The topological polar surface area (TPSA) is 12.0 Å². The second-order valence-electron chi connectivity index (χ2n) is 1.77. The predicted octanol–water partition coefficient (Wildman–Crippen LogP) is 0.571. The van der Waals surface area contributed by atoms with E-state index in [0.717, 1.165) is 12.7 Å². The largest absolute Gasteiger partial charge is 0.317 e. The number of nitrogens with one attached hydrogen (secondary N) is 1. The Morgan fingerprint density at radius 2 is 2.29 bits per heavy atom. The lowest BCUT2D eigenvalue weighted by Crippen LogP contribution is -2.20. The van der Waals surface area contributed by atoms with Crippen LogP contribution in [0.15, 0.2) is 0 Å². The summed E-state index contributed by atoms with van der Waals surface area (Å²) in [5.74, 6) is 0. The van der Waals surface area contributed by atoms with Crippen LogP contribution in [0.3, 0.4) is 0 Å². The zero-order chi connectivity index (χ0) is 5.70. The van der Waals surface area contributed by atoms with Crippen molar-refractivity contribution < 1.29 is 0 Å². The average molecular weight is 97.0 g/mol. The van der Waals surface area contributed by atoms with Gasteiger partial charge in [-0.15, -0.1) is 0 Å². The lowest BCUT2D eigenvalue weighted by Gasteiger charge is -2.05. The van der Waals surface area contributed by atoms with Crippen molar-refractivity contribution in [2.45, 2.75) is 25.7 Å². The van der Waals surface area contributed by atoms with Gasteiger partial charge in [-0.3, -0.25) is 0 Å². The highest BCUT2D eigenvalue weighted by Gasteiger charge is 1.90. The van der Waals surface area contributed by atoms with E-state index in [2.05, 4.69) is 12.2 Å². The summed E-state index contributed by atoms with van der Waals surface area (Å²) in [5.41, 5.74) is 0. The third-order valence-corrected chi connectivity index (χ3v) is 1.09. The molecular weight excluding hydrogens is 84.9 g/mol. The maximum atomic E-state index is 5.26. The molecule has 2 heteroatoms. The van der Waals surface area contributed by atoms with Crippen LogP contribution in [-0.4, -0.2) is 20.9 Å². The molecule has 40 valence electrons. The van der Waals surface area contributed by atoms with E-state index in [9.17, 15) is 0 Å². The van der Waals surface area contributed by atoms with Gasteiger partial charge in [-0.05, 0) is 20.4 Å². The summed E-state index contributed by atoms with van der Waals surface area (Å²) < 4.78 is 0. The van der Waals surface area contributed by atoms with Gasteiger partial charge in [-0.2, -0.15) is 0 Å². The van der Waals surface area contributed by atoms with Gasteiger partial charge in [0.1, 0.15) is 0 Å². The third-order valence-electron chi connectivity index (χ3n) is 1.09. The first kappa shape index (κ1) is 7.02. The maximum absolute atomic E-state index is 5.26. The molecule has 2 radical (unpaired) electrons. The summed E-state index contributed by atoms with van der Waals surface area (Å²) in [6.07, 6.45) is 1.85. The molecule has 0 heterocycles. The minimum absolute atomic E-state index is 0.574. The molecule has 1 N–H and O–H groups in total. The van der Waals surface area contributed by atoms with E-state index in [0.29, 0.717) is 6.04 Å². The average Bonchev–Trinajstić information content (AvgIpc) is 1.68. The van der Waals surface area contributed by atoms with Crippen LogP contribution in [0.2, 0.25) is 6.32 Å². The molecule has 0 aliphatic rings. The van der Waals surface area contributed by atoms with Gasteiger partial charge in [-0.1, -0.05) is 6.32 Å². The summed E-state index contributed by atoms with van der Waals surface area (Å²) in [5, 5.41) is 3.09. The van der Waals surface area contributed by atoms with Crippen molar-refractivity contribution in [1.29, 1.82) is 0 Å². The molecule has 0 fully saturated rings. The molecule has 1 nitrogen and oxygen atoms in total. The molecule has 7 heavy (non-hydrogen) atoms. The number of hydrogen-bond acceptors (Lipinski definition) is 1. The van der Waals surface area contributed by atoms with E-state index in [1.54, 1.807) is 0 Å². The maximum Gasteiger partial charge on any atom is 0.0653 e. The monoisotopic (exact) mass is 97.1 g/mol. The highest BCUT2D eigenvalue weighted by Crippen LogP contribution is 1.90. The van der Waals surface area contributed by atoms with E-state index >= 15 is 0 Å². The standard InChI is InChI=1S/C5H12BN/c1-5(7-2)3-4-6/h5,7H,3-4H2,1-2H3. The summed E-state index contributed by atoms with van der Waals surface area (Å²) in [6.45, 7) is 2.12. The Hall–Kier alpha value is 0.0249. The normalized spacial score (nSPS) is 14.0. The van der Waals surface area contributed by atoms with Crippen LogP contribution in [0.5, 0.6) is 0 Å². The van der Waals surface area contributed by atoms with Crippen LogP contribution < -0.4 is 5.32 Å². The third kappa shape index (κ3) is 3.87. The molecule has 0 spiro atoms. The fourth-order valence-corrected chi connectivity index (χ4v) is 0.394. The molecule has 0 rings (SSSR count). The van der Waals surface area contributed by atoms with Crippen molar-refractivity contribution in [2.75, 3.05) is 7.05 Å². The summed E-state index contributed by atoms with van der Waals surface area (Å²) >= 11 is 0. The Bertz CT molecular complexity index is 39.1. The minimum atomic E-state index is 0.574. The van der Waals surface area contributed by atoms with Crippen LogP contribution in [0.25, 0.3) is 0 Å². The van der Waals surface area contributed by atoms with E-state index in [-0.39, 0.29) is 0 Å². The SMILES string of the molecule is [B]CCC(C)NC. The van der Waals surface area contributed by atoms with Crippen LogP contribution in [0.4, 0.5) is 0 Å². The van der Waals surface area contributed by atoms with Crippen molar-refractivity contribution in [3.05, 3.63) is 0 Å². The quantitative estimate of drug-likeness (QED) is 0.507. The first-order chi connectivity index (χ1) is 3.31. The van der Waals surface area contributed by atoms with E-state index in [1.807, 2.05) is 7.05 Å². The molecule has 0 aliphatic heterocycles. The fourth-order valence-electron chi connectivity index (χ4n) is 0.394. The van der Waals surface area contributed by atoms with Gasteiger partial charge in [0, 0.05) is 6.04 Å². The van der Waals surface area contributed by atoms with Gasteiger partial charge in [0.15, 0.2) is 0 Å². The summed E-state index contributed by atoms with van der Waals surface area (Å²) in [4.78, 5) is 0. The zero-order valence-corrected chi connectivity index (χ0v) is 5.07. The molecule has 0 aliphatic carbocycles. The molecule has 0 aromatic rings.